The van der Waals surface area contributed by atoms with Gasteiger partial charge >= 0.3 is 5.97 Å². The molecule has 0 spiro atoms. The zero-order chi connectivity index (χ0) is 23.6. The number of carboxylic acid groups (broad SMARTS) is 1. The van der Waals surface area contributed by atoms with E-state index < -0.39 is 60.7 Å². The lowest BCUT2D eigenvalue weighted by atomic mass is 10.0. The molecule has 172 valence electrons. The molecule has 0 bridgehead atoms. The average molecular weight is 439 g/mol. The van der Waals surface area contributed by atoms with Gasteiger partial charge in [-0.05, 0) is 12.3 Å². The number of nitrogens with one attached hydrogen (secondary N) is 4. The van der Waals surface area contributed by atoms with Crippen molar-refractivity contribution in [1.29, 1.82) is 0 Å². The van der Waals surface area contributed by atoms with E-state index in [-0.39, 0.29) is 18.8 Å². The summed E-state index contributed by atoms with van der Waals surface area (Å²) in [5.41, 5.74) is 11.5. The molecule has 3 atom stereocenters. The van der Waals surface area contributed by atoms with Gasteiger partial charge in [0, 0.05) is 18.3 Å². The maximum Gasteiger partial charge on any atom is 0.326 e. The second kappa shape index (κ2) is 12.3. The van der Waals surface area contributed by atoms with Crippen molar-refractivity contribution >= 4 is 29.6 Å². The van der Waals surface area contributed by atoms with E-state index in [0.717, 1.165) is 0 Å². The van der Waals surface area contributed by atoms with Crippen molar-refractivity contribution in [2.75, 3.05) is 6.54 Å². The number of carbonyl (C=O) groups is 5. The van der Waals surface area contributed by atoms with Crippen molar-refractivity contribution in [3.05, 3.63) is 18.2 Å². The molecular formula is C18H29N7O6. The van der Waals surface area contributed by atoms with Crippen LogP contribution in [0.1, 0.15) is 32.4 Å². The highest BCUT2D eigenvalue weighted by Crippen LogP contribution is 2.05. The minimum Gasteiger partial charge on any atom is -0.480 e. The smallest absolute Gasteiger partial charge is 0.326 e. The molecule has 0 saturated carbocycles. The number of aromatic nitrogens is 2. The summed E-state index contributed by atoms with van der Waals surface area (Å²) in [6, 6.07) is -3.48. The molecular weight excluding hydrogens is 410 g/mol. The first-order valence-corrected chi connectivity index (χ1v) is 9.61. The molecule has 0 aliphatic heterocycles. The van der Waals surface area contributed by atoms with Crippen LogP contribution in [0, 0.1) is 5.92 Å². The number of nitrogens with zero attached hydrogens (tertiary/aromatic N) is 1. The number of amides is 4. The summed E-state index contributed by atoms with van der Waals surface area (Å²) in [5.74, 6) is -4.30. The van der Waals surface area contributed by atoms with Crippen molar-refractivity contribution in [2.24, 2.45) is 17.4 Å². The summed E-state index contributed by atoms with van der Waals surface area (Å²) >= 11 is 0. The van der Waals surface area contributed by atoms with Crippen LogP contribution in [-0.2, 0) is 30.4 Å². The van der Waals surface area contributed by atoms with Crippen LogP contribution in [0.2, 0.25) is 0 Å². The number of carboxylic acids is 1. The lowest BCUT2D eigenvalue weighted by Gasteiger charge is -2.20. The van der Waals surface area contributed by atoms with Crippen molar-refractivity contribution in [3.63, 3.8) is 0 Å². The zero-order valence-electron chi connectivity index (χ0n) is 17.4. The van der Waals surface area contributed by atoms with Crippen LogP contribution in [0.25, 0.3) is 0 Å². The molecule has 0 aliphatic carbocycles. The van der Waals surface area contributed by atoms with E-state index in [1.54, 1.807) is 13.8 Å². The maximum atomic E-state index is 12.4. The third-order valence-electron chi connectivity index (χ3n) is 4.13. The van der Waals surface area contributed by atoms with E-state index in [1.807, 2.05) is 0 Å². The molecule has 0 fully saturated rings. The Morgan fingerprint density at radius 1 is 1.13 bits per heavy atom. The highest BCUT2D eigenvalue weighted by molar-refractivity contribution is 5.95. The number of aliphatic carboxylic acids is 1. The Balaban J connectivity index is 2.64. The van der Waals surface area contributed by atoms with Gasteiger partial charge in [-0.1, -0.05) is 13.8 Å². The number of H-pyrrole nitrogens is 1. The molecule has 3 unspecified atom stereocenters. The number of primary amides is 1. The fourth-order valence-corrected chi connectivity index (χ4v) is 2.64. The van der Waals surface area contributed by atoms with E-state index in [2.05, 4.69) is 25.9 Å². The van der Waals surface area contributed by atoms with Crippen LogP contribution < -0.4 is 27.4 Å². The summed E-state index contributed by atoms with van der Waals surface area (Å²) in [7, 11) is 0. The number of aromatic amines is 1. The predicted octanol–water partition coefficient (Wildman–Crippen LogP) is -2.63. The molecule has 9 N–H and O–H groups in total. The van der Waals surface area contributed by atoms with E-state index >= 15 is 0 Å². The number of carbonyl (C=O) groups excluding carboxylic acids is 4. The van der Waals surface area contributed by atoms with E-state index in [4.69, 9.17) is 16.6 Å². The summed E-state index contributed by atoms with van der Waals surface area (Å²) in [6.07, 6.45) is 2.73. The molecule has 0 aliphatic rings. The third-order valence-corrected chi connectivity index (χ3v) is 4.13. The molecule has 1 aromatic heterocycles. The number of imidazole rings is 1. The van der Waals surface area contributed by atoms with Crippen LogP contribution in [-0.4, -0.2) is 69.3 Å². The minimum absolute atomic E-state index is 0.0251. The molecule has 4 amide bonds. The van der Waals surface area contributed by atoms with Crippen LogP contribution in [0.4, 0.5) is 0 Å². The van der Waals surface area contributed by atoms with E-state index in [9.17, 15) is 24.0 Å². The topological polar surface area (TPSA) is 222 Å². The second-order valence-electron chi connectivity index (χ2n) is 7.42. The fraction of sp³-hybridized carbons (Fsp3) is 0.556. The van der Waals surface area contributed by atoms with Crippen LogP contribution >= 0.6 is 0 Å². The number of rotatable bonds is 13. The molecule has 13 heteroatoms. The minimum atomic E-state index is -1.35. The highest BCUT2D eigenvalue weighted by Gasteiger charge is 2.27. The van der Waals surface area contributed by atoms with Gasteiger partial charge in [0.2, 0.25) is 23.6 Å². The van der Waals surface area contributed by atoms with Gasteiger partial charge in [-0.15, -0.1) is 0 Å². The quantitative estimate of drug-likeness (QED) is 0.172. The normalized spacial score (nSPS) is 13.7. The van der Waals surface area contributed by atoms with Crippen molar-refractivity contribution < 1.29 is 29.1 Å². The Bertz CT molecular complexity index is 780. The molecule has 1 aromatic rings. The van der Waals surface area contributed by atoms with Gasteiger partial charge in [0.05, 0.1) is 25.3 Å². The Kier molecular flexibility index (Phi) is 10.1. The average Bonchev–Trinajstić information content (AvgIpc) is 3.17. The SMILES string of the molecule is CC(C)CC(NC(=O)CNC(=O)C(CC(N)=O)NC(=O)C(N)Cc1cnc[nH]1)C(=O)O. The lowest BCUT2D eigenvalue weighted by Crippen LogP contribution is -2.54. The third kappa shape index (κ3) is 9.71. The number of hydrogen-bond donors (Lipinski definition) is 7. The second-order valence-corrected chi connectivity index (χ2v) is 7.42. The van der Waals surface area contributed by atoms with Crippen LogP contribution in [0.3, 0.4) is 0 Å². The first-order chi connectivity index (χ1) is 14.5. The number of nitrogens with two attached hydrogens (primary N) is 2. The Labute approximate surface area is 178 Å². The highest BCUT2D eigenvalue weighted by atomic mass is 16.4. The molecule has 13 nitrogen and oxygen atoms in total. The van der Waals surface area contributed by atoms with Gasteiger partial charge in [-0.3, -0.25) is 19.2 Å². The van der Waals surface area contributed by atoms with Gasteiger partial charge < -0.3 is 37.5 Å². The van der Waals surface area contributed by atoms with Crippen molar-refractivity contribution in [1.82, 2.24) is 25.9 Å². The van der Waals surface area contributed by atoms with Gasteiger partial charge in [-0.25, -0.2) is 9.78 Å². The summed E-state index contributed by atoms with van der Waals surface area (Å²) < 4.78 is 0. The summed E-state index contributed by atoms with van der Waals surface area (Å²) in [5, 5.41) is 16.0. The van der Waals surface area contributed by atoms with Crippen molar-refractivity contribution in [2.45, 2.75) is 51.2 Å². The van der Waals surface area contributed by atoms with Gasteiger partial charge in [0.15, 0.2) is 0 Å². The van der Waals surface area contributed by atoms with Gasteiger partial charge in [0.1, 0.15) is 12.1 Å². The molecule has 31 heavy (non-hydrogen) atoms. The Morgan fingerprint density at radius 3 is 2.32 bits per heavy atom. The largest absolute Gasteiger partial charge is 0.480 e. The van der Waals surface area contributed by atoms with Crippen molar-refractivity contribution in [3.8, 4) is 0 Å². The maximum absolute atomic E-state index is 12.4. The standard InChI is InChI=1S/C18H29N7O6/c1-9(2)3-13(18(30)31)24-15(27)7-22-17(29)12(5-14(20)26)25-16(28)11(19)4-10-6-21-8-23-10/h6,8-9,11-13H,3-5,7,19H2,1-2H3,(H2,20,26)(H,21,23)(H,22,29)(H,24,27)(H,25,28)(H,30,31). The Hall–Kier alpha value is -3.48. The van der Waals surface area contributed by atoms with E-state index in [0.29, 0.717) is 5.69 Å². The fourth-order valence-electron chi connectivity index (χ4n) is 2.64. The van der Waals surface area contributed by atoms with Gasteiger partial charge in [-0.2, -0.15) is 0 Å². The first-order valence-electron chi connectivity index (χ1n) is 9.61. The molecule has 0 aromatic carbocycles. The number of hydrogen-bond acceptors (Lipinski definition) is 7. The predicted molar refractivity (Wildman–Crippen MR) is 108 cm³/mol. The molecule has 0 radical (unpaired) electrons. The molecule has 0 saturated heterocycles. The Morgan fingerprint density at radius 2 is 1.81 bits per heavy atom. The first kappa shape index (κ1) is 25.6. The van der Waals surface area contributed by atoms with Crippen LogP contribution in [0.5, 0.6) is 0 Å². The monoisotopic (exact) mass is 439 g/mol. The van der Waals surface area contributed by atoms with E-state index in [1.165, 1.54) is 12.5 Å². The lowest BCUT2D eigenvalue weighted by molar-refractivity contribution is -0.142. The molecule has 1 rings (SSSR count). The van der Waals surface area contributed by atoms with Crippen LogP contribution in [0.15, 0.2) is 12.5 Å². The summed E-state index contributed by atoms with van der Waals surface area (Å²) in [4.78, 5) is 65.7. The van der Waals surface area contributed by atoms with Gasteiger partial charge in [0.25, 0.3) is 0 Å². The molecule has 1 heterocycles. The zero-order valence-corrected chi connectivity index (χ0v) is 17.4. The summed E-state index contributed by atoms with van der Waals surface area (Å²) in [6.45, 7) is 3.06.